The Labute approximate surface area is 87.4 Å². The van der Waals surface area contributed by atoms with Crippen molar-refractivity contribution in [1.82, 2.24) is 14.9 Å². The molecule has 4 heteroatoms. The molecule has 0 aliphatic heterocycles. The molecule has 0 aliphatic rings. The smallest absolute Gasteiger partial charge is 0.150 e. The SMILES string of the molecule is CNCc1cn(C)c(-c2cccs2)n1. The minimum absolute atomic E-state index is 0.819. The van der Waals surface area contributed by atoms with Gasteiger partial charge in [-0.1, -0.05) is 6.07 Å². The molecule has 3 nitrogen and oxygen atoms in total. The van der Waals surface area contributed by atoms with Gasteiger partial charge in [-0.2, -0.15) is 0 Å². The third-order valence-electron chi connectivity index (χ3n) is 2.03. The molecule has 0 aliphatic carbocycles. The monoisotopic (exact) mass is 207 g/mol. The minimum atomic E-state index is 0.819. The molecular formula is C10H13N3S. The van der Waals surface area contributed by atoms with Gasteiger partial charge in [-0.25, -0.2) is 4.98 Å². The van der Waals surface area contributed by atoms with Crippen LogP contribution in [0.4, 0.5) is 0 Å². The van der Waals surface area contributed by atoms with E-state index in [1.165, 1.54) is 4.88 Å². The van der Waals surface area contributed by atoms with E-state index in [0.717, 1.165) is 18.1 Å². The summed E-state index contributed by atoms with van der Waals surface area (Å²) in [5.41, 5.74) is 1.08. The second kappa shape index (κ2) is 3.94. The number of rotatable bonds is 3. The zero-order valence-electron chi connectivity index (χ0n) is 8.32. The Hall–Kier alpha value is -1.13. The highest BCUT2D eigenvalue weighted by Gasteiger charge is 2.07. The molecule has 0 radical (unpaired) electrons. The average molecular weight is 207 g/mol. The molecule has 2 rings (SSSR count). The summed E-state index contributed by atoms with van der Waals surface area (Å²) in [7, 11) is 3.96. The molecule has 0 bridgehead atoms. The largest absolute Gasteiger partial charge is 0.333 e. The maximum Gasteiger partial charge on any atom is 0.150 e. The topological polar surface area (TPSA) is 29.9 Å². The minimum Gasteiger partial charge on any atom is -0.333 e. The first kappa shape index (κ1) is 9.43. The predicted octanol–water partition coefficient (Wildman–Crippen LogP) is 1.87. The number of aryl methyl sites for hydroxylation is 1. The third-order valence-corrected chi connectivity index (χ3v) is 2.89. The lowest BCUT2D eigenvalue weighted by molar-refractivity contribution is 0.795. The van der Waals surface area contributed by atoms with Crippen LogP contribution >= 0.6 is 11.3 Å². The summed E-state index contributed by atoms with van der Waals surface area (Å²) in [6.45, 7) is 0.819. The molecule has 2 aromatic heterocycles. The fourth-order valence-corrected chi connectivity index (χ4v) is 2.19. The van der Waals surface area contributed by atoms with Crippen LogP contribution in [0, 0.1) is 0 Å². The fourth-order valence-electron chi connectivity index (χ4n) is 1.43. The lowest BCUT2D eigenvalue weighted by Gasteiger charge is -1.95. The molecule has 2 aromatic rings. The molecule has 0 saturated carbocycles. The van der Waals surface area contributed by atoms with Crippen molar-refractivity contribution in [2.75, 3.05) is 7.05 Å². The molecule has 14 heavy (non-hydrogen) atoms. The molecule has 1 N–H and O–H groups in total. The van der Waals surface area contributed by atoms with Crippen LogP contribution in [0.3, 0.4) is 0 Å². The molecule has 0 aromatic carbocycles. The zero-order chi connectivity index (χ0) is 9.97. The summed E-state index contributed by atoms with van der Waals surface area (Å²) in [5, 5.41) is 5.17. The molecule has 0 saturated heterocycles. The summed E-state index contributed by atoms with van der Waals surface area (Å²) in [4.78, 5) is 5.77. The Morgan fingerprint density at radius 3 is 3.07 bits per heavy atom. The van der Waals surface area contributed by atoms with Crippen LogP contribution in [-0.4, -0.2) is 16.6 Å². The summed E-state index contributed by atoms with van der Waals surface area (Å²) in [6.07, 6.45) is 2.06. The normalized spacial score (nSPS) is 10.7. The highest BCUT2D eigenvalue weighted by Crippen LogP contribution is 2.23. The van der Waals surface area contributed by atoms with Crippen LogP contribution in [0.25, 0.3) is 10.7 Å². The molecule has 74 valence electrons. The summed E-state index contributed by atoms with van der Waals surface area (Å²) in [5.74, 6) is 1.05. The molecule has 0 fully saturated rings. The third kappa shape index (κ3) is 1.71. The van der Waals surface area contributed by atoms with Crippen molar-refractivity contribution in [3.05, 3.63) is 29.4 Å². The second-order valence-corrected chi connectivity index (χ2v) is 4.12. The first-order valence-corrected chi connectivity index (χ1v) is 5.40. The van der Waals surface area contributed by atoms with Crippen LogP contribution in [0.15, 0.2) is 23.7 Å². The highest BCUT2D eigenvalue weighted by molar-refractivity contribution is 7.13. The van der Waals surface area contributed by atoms with E-state index in [1.807, 2.05) is 20.2 Å². The lowest BCUT2D eigenvalue weighted by atomic mass is 10.4. The Morgan fingerprint density at radius 1 is 1.57 bits per heavy atom. The number of nitrogens with one attached hydrogen (secondary N) is 1. The van der Waals surface area contributed by atoms with E-state index in [0.29, 0.717) is 0 Å². The van der Waals surface area contributed by atoms with E-state index in [2.05, 4.69) is 32.5 Å². The standard InChI is InChI=1S/C10H13N3S/c1-11-6-8-7-13(2)10(12-8)9-4-3-5-14-9/h3-5,7,11H,6H2,1-2H3. The summed E-state index contributed by atoms with van der Waals surface area (Å²) in [6, 6.07) is 4.14. The van der Waals surface area contributed by atoms with Crippen molar-refractivity contribution in [2.45, 2.75) is 6.54 Å². The van der Waals surface area contributed by atoms with Crippen molar-refractivity contribution in [1.29, 1.82) is 0 Å². The van der Waals surface area contributed by atoms with Gasteiger partial charge in [0.2, 0.25) is 0 Å². The van der Waals surface area contributed by atoms with Gasteiger partial charge in [0.15, 0.2) is 0 Å². The van der Waals surface area contributed by atoms with E-state index in [4.69, 9.17) is 0 Å². The second-order valence-electron chi connectivity index (χ2n) is 3.17. The number of hydrogen-bond acceptors (Lipinski definition) is 3. The predicted molar refractivity (Wildman–Crippen MR) is 59.3 cm³/mol. The van der Waals surface area contributed by atoms with Crippen LogP contribution < -0.4 is 5.32 Å². The van der Waals surface area contributed by atoms with Crippen LogP contribution in [-0.2, 0) is 13.6 Å². The van der Waals surface area contributed by atoms with Gasteiger partial charge >= 0.3 is 0 Å². The number of nitrogens with zero attached hydrogens (tertiary/aromatic N) is 2. The Balaban J connectivity index is 2.35. The van der Waals surface area contributed by atoms with Gasteiger partial charge in [-0.15, -0.1) is 11.3 Å². The van der Waals surface area contributed by atoms with Crippen molar-refractivity contribution in [3.63, 3.8) is 0 Å². The quantitative estimate of drug-likeness (QED) is 0.832. The zero-order valence-corrected chi connectivity index (χ0v) is 9.14. The van der Waals surface area contributed by atoms with Crippen molar-refractivity contribution in [2.24, 2.45) is 7.05 Å². The van der Waals surface area contributed by atoms with Crippen LogP contribution in [0.5, 0.6) is 0 Å². The van der Waals surface area contributed by atoms with E-state index in [9.17, 15) is 0 Å². The highest BCUT2D eigenvalue weighted by atomic mass is 32.1. The van der Waals surface area contributed by atoms with E-state index >= 15 is 0 Å². The molecule has 0 atom stereocenters. The average Bonchev–Trinajstić information content (AvgIpc) is 2.74. The molecule has 0 spiro atoms. The van der Waals surface area contributed by atoms with Crippen molar-refractivity contribution >= 4 is 11.3 Å². The van der Waals surface area contributed by atoms with E-state index in [-0.39, 0.29) is 0 Å². The van der Waals surface area contributed by atoms with Crippen LogP contribution in [0.1, 0.15) is 5.69 Å². The van der Waals surface area contributed by atoms with Crippen molar-refractivity contribution in [3.8, 4) is 10.7 Å². The number of imidazole rings is 1. The van der Waals surface area contributed by atoms with Gasteiger partial charge in [0.1, 0.15) is 5.82 Å². The summed E-state index contributed by atoms with van der Waals surface area (Å²) >= 11 is 1.72. The molecular weight excluding hydrogens is 194 g/mol. The lowest BCUT2D eigenvalue weighted by Crippen LogP contribution is -2.04. The maximum absolute atomic E-state index is 4.55. The number of aromatic nitrogens is 2. The molecule has 0 unspecified atom stereocenters. The summed E-state index contributed by atoms with van der Waals surface area (Å²) < 4.78 is 2.07. The van der Waals surface area contributed by atoms with Gasteiger partial charge in [0.25, 0.3) is 0 Å². The van der Waals surface area contributed by atoms with Crippen LogP contribution in [0.2, 0.25) is 0 Å². The van der Waals surface area contributed by atoms with E-state index < -0.39 is 0 Å². The van der Waals surface area contributed by atoms with Gasteiger partial charge < -0.3 is 9.88 Å². The Morgan fingerprint density at radius 2 is 2.43 bits per heavy atom. The van der Waals surface area contributed by atoms with Gasteiger partial charge in [-0.05, 0) is 18.5 Å². The Bertz CT molecular complexity index is 403. The van der Waals surface area contributed by atoms with E-state index in [1.54, 1.807) is 11.3 Å². The molecule has 0 amide bonds. The van der Waals surface area contributed by atoms with Crippen molar-refractivity contribution < 1.29 is 0 Å². The first-order valence-electron chi connectivity index (χ1n) is 4.52. The first-order chi connectivity index (χ1) is 6.81. The fraction of sp³-hybridized carbons (Fsp3) is 0.300. The van der Waals surface area contributed by atoms with Gasteiger partial charge in [0, 0.05) is 19.8 Å². The molecule has 2 heterocycles. The van der Waals surface area contributed by atoms with Gasteiger partial charge in [0.05, 0.1) is 10.6 Å². The van der Waals surface area contributed by atoms with Gasteiger partial charge in [-0.3, -0.25) is 0 Å². The number of thiophene rings is 1. The Kier molecular flexibility index (Phi) is 2.65. The maximum atomic E-state index is 4.55. The number of hydrogen-bond donors (Lipinski definition) is 1.